The lowest BCUT2D eigenvalue weighted by atomic mass is 10.1. The van der Waals surface area contributed by atoms with Crippen LogP contribution >= 0.6 is 0 Å². The molecule has 1 saturated heterocycles. The van der Waals surface area contributed by atoms with Crippen LogP contribution in [0.15, 0.2) is 47.4 Å². The molecule has 0 bridgehead atoms. The summed E-state index contributed by atoms with van der Waals surface area (Å²) in [6.07, 6.45) is 3.59. The molecule has 1 fully saturated rings. The zero-order valence-corrected chi connectivity index (χ0v) is 16.6. The molecule has 2 aromatic carbocycles. The zero-order valence-electron chi connectivity index (χ0n) is 15.7. The van der Waals surface area contributed by atoms with Crippen LogP contribution in [0.1, 0.15) is 36.5 Å². The first-order valence-corrected chi connectivity index (χ1v) is 10.8. The van der Waals surface area contributed by atoms with Crippen LogP contribution in [-0.4, -0.2) is 34.0 Å². The Morgan fingerprint density at radius 2 is 1.75 bits per heavy atom. The van der Waals surface area contributed by atoms with Crippen molar-refractivity contribution >= 4 is 27.3 Å². The molecule has 2 N–H and O–H groups in total. The monoisotopic (exact) mass is 405 g/mol. The maximum Gasteiger partial charge on any atom is 0.258 e. The molecule has 0 atom stereocenters. The highest BCUT2D eigenvalue weighted by atomic mass is 32.2. The minimum absolute atomic E-state index is 0.152. The van der Waals surface area contributed by atoms with Crippen LogP contribution in [0.5, 0.6) is 0 Å². The molecule has 1 aliphatic heterocycles. The van der Waals surface area contributed by atoms with Gasteiger partial charge in [0, 0.05) is 31.0 Å². The Labute approximate surface area is 164 Å². The lowest BCUT2D eigenvalue weighted by Gasteiger charge is -2.28. The number of piperidine rings is 1. The van der Waals surface area contributed by atoms with E-state index < -0.39 is 21.7 Å². The Bertz CT molecular complexity index is 940. The Morgan fingerprint density at radius 3 is 2.39 bits per heavy atom. The molecule has 1 heterocycles. The first kappa shape index (κ1) is 20.3. The van der Waals surface area contributed by atoms with E-state index in [-0.39, 0.29) is 17.0 Å². The number of hydrogen-bond acceptors (Lipinski definition) is 4. The molecule has 1 amide bonds. The van der Waals surface area contributed by atoms with Crippen molar-refractivity contribution in [1.29, 1.82) is 0 Å². The number of anilines is 2. The van der Waals surface area contributed by atoms with E-state index in [9.17, 15) is 17.6 Å². The average Bonchev–Trinajstić information content (AvgIpc) is 2.69. The normalized spacial score (nSPS) is 14.7. The summed E-state index contributed by atoms with van der Waals surface area (Å²) in [4.78, 5) is 14.6. The standard InChI is InChI=1S/C20H24FN3O3S/c1-2-22-28(26,27)17-10-11-19(21)18(14-17)20(25)23-15-6-8-16(9-7-15)24-12-4-3-5-13-24/h6-11,14,22H,2-5,12-13H2,1H3,(H,23,25). The molecular formula is C20H24FN3O3S. The first-order chi connectivity index (χ1) is 13.4. The molecule has 0 aromatic heterocycles. The van der Waals surface area contributed by atoms with Gasteiger partial charge in [-0.2, -0.15) is 0 Å². The van der Waals surface area contributed by atoms with Crippen molar-refractivity contribution < 1.29 is 17.6 Å². The maximum absolute atomic E-state index is 14.1. The van der Waals surface area contributed by atoms with E-state index in [1.807, 2.05) is 12.1 Å². The Morgan fingerprint density at radius 1 is 1.07 bits per heavy atom. The maximum atomic E-state index is 14.1. The van der Waals surface area contributed by atoms with Gasteiger partial charge in [-0.25, -0.2) is 17.5 Å². The summed E-state index contributed by atoms with van der Waals surface area (Å²) < 4.78 is 40.6. The SMILES string of the molecule is CCNS(=O)(=O)c1ccc(F)c(C(=O)Nc2ccc(N3CCCCC3)cc2)c1. The number of amides is 1. The van der Waals surface area contributed by atoms with Crippen LogP contribution < -0.4 is 14.9 Å². The van der Waals surface area contributed by atoms with Crippen molar-refractivity contribution in [3.63, 3.8) is 0 Å². The van der Waals surface area contributed by atoms with E-state index in [1.165, 1.54) is 19.3 Å². The molecule has 0 spiro atoms. The van der Waals surface area contributed by atoms with E-state index in [0.717, 1.165) is 37.0 Å². The number of carbonyl (C=O) groups is 1. The fourth-order valence-electron chi connectivity index (χ4n) is 3.23. The molecular weight excluding hydrogens is 381 g/mol. The summed E-state index contributed by atoms with van der Waals surface area (Å²) in [5, 5.41) is 2.63. The van der Waals surface area contributed by atoms with Gasteiger partial charge in [0.1, 0.15) is 5.82 Å². The van der Waals surface area contributed by atoms with E-state index in [0.29, 0.717) is 5.69 Å². The van der Waals surface area contributed by atoms with Gasteiger partial charge in [-0.1, -0.05) is 6.92 Å². The molecule has 0 aliphatic carbocycles. The molecule has 8 heteroatoms. The summed E-state index contributed by atoms with van der Waals surface area (Å²) >= 11 is 0. The van der Waals surface area contributed by atoms with Crippen LogP contribution in [0, 0.1) is 5.82 Å². The quantitative estimate of drug-likeness (QED) is 0.772. The number of carbonyl (C=O) groups excluding carboxylic acids is 1. The predicted octanol–water partition coefficient (Wildman–Crippen LogP) is 3.37. The lowest BCUT2D eigenvalue weighted by molar-refractivity contribution is 0.102. The fraction of sp³-hybridized carbons (Fsp3) is 0.350. The molecule has 6 nitrogen and oxygen atoms in total. The number of nitrogens with one attached hydrogen (secondary N) is 2. The smallest absolute Gasteiger partial charge is 0.258 e. The van der Waals surface area contributed by atoms with E-state index >= 15 is 0 Å². The van der Waals surface area contributed by atoms with Gasteiger partial charge in [0.2, 0.25) is 10.0 Å². The van der Waals surface area contributed by atoms with Crippen molar-refractivity contribution in [2.45, 2.75) is 31.1 Å². The van der Waals surface area contributed by atoms with Gasteiger partial charge in [-0.05, 0) is 61.7 Å². The van der Waals surface area contributed by atoms with Crippen LogP contribution in [-0.2, 0) is 10.0 Å². The molecule has 28 heavy (non-hydrogen) atoms. The van der Waals surface area contributed by atoms with Crippen LogP contribution in [0.3, 0.4) is 0 Å². The topological polar surface area (TPSA) is 78.5 Å². The number of nitrogens with zero attached hydrogens (tertiary/aromatic N) is 1. The van der Waals surface area contributed by atoms with Gasteiger partial charge in [0.15, 0.2) is 0 Å². The summed E-state index contributed by atoms with van der Waals surface area (Å²) in [5.74, 6) is -1.48. The number of halogens is 1. The summed E-state index contributed by atoms with van der Waals surface area (Å²) in [6, 6.07) is 10.5. The van der Waals surface area contributed by atoms with Crippen molar-refractivity contribution in [3.05, 3.63) is 53.8 Å². The second kappa shape index (κ2) is 8.70. The van der Waals surface area contributed by atoms with Crippen LogP contribution in [0.4, 0.5) is 15.8 Å². The fourth-order valence-corrected chi connectivity index (χ4v) is 4.29. The third kappa shape index (κ3) is 4.69. The van der Waals surface area contributed by atoms with Crippen LogP contribution in [0.25, 0.3) is 0 Å². The van der Waals surface area contributed by atoms with Crippen LogP contribution in [0.2, 0.25) is 0 Å². The summed E-state index contributed by atoms with van der Waals surface area (Å²) in [7, 11) is -3.78. The highest BCUT2D eigenvalue weighted by Gasteiger charge is 2.19. The van der Waals surface area contributed by atoms with Crippen molar-refractivity contribution in [3.8, 4) is 0 Å². The van der Waals surface area contributed by atoms with Gasteiger partial charge in [0.25, 0.3) is 5.91 Å². The Kier molecular flexibility index (Phi) is 6.31. The van der Waals surface area contributed by atoms with Gasteiger partial charge < -0.3 is 10.2 Å². The second-order valence-corrected chi connectivity index (χ2v) is 8.46. The van der Waals surface area contributed by atoms with E-state index in [1.54, 1.807) is 19.1 Å². The van der Waals surface area contributed by atoms with Gasteiger partial charge in [0.05, 0.1) is 10.5 Å². The summed E-state index contributed by atoms with van der Waals surface area (Å²) in [6.45, 7) is 3.88. The number of hydrogen-bond donors (Lipinski definition) is 2. The molecule has 0 unspecified atom stereocenters. The summed E-state index contributed by atoms with van der Waals surface area (Å²) in [5.41, 5.74) is 1.28. The lowest BCUT2D eigenvalue weighted by Crippen LogP contribution is -2.29. The van der Waals surface area contributed by atoms with Crippen molar-refractivity contribution in [2.75, 3.05) is 29.9 Å². The average molecular weight is 405 g/mol. The van der Waals surface area contributed by atoms with E-state index in [2.05, 4.69) is 14.9 Å². The largest absolute Gasteiger partial charge is 0.372 e. The predicted molar refractivity (Wildman–Crippen MR) is 108 cm³/mol. The van der Waals surface area contributed by atoms with Crippen molar-refractivity contribution in [2.24, 2.45) is 0 Å². The van der Waals surface area contributed by atoms with Gasteiger partial charge >= 0.3 is 0 Å². The van der Waals surface area contributed by atoms with Gasteiger partial charge in [-0.3, -0.25) is 4.79 Å². The minimum Gasteiger partial charge on any atom is -0.372 e. The Balaban J connectivity index is 1.75. The van der Waals surface area contributed by atoms with Gasteiger partial charge in [-0.15, -0.1) is 0 Å². The zero-order chi connectivity index (χ0) is 20.1. The first-order valence-electron chi connectivity index (χ1n) is 9.36. The Hall–Kier alpha value is -2.45. The van der Waals surface area contributed by atoms with Crippen molar-refractivity contribution in [1.82, 2.24) is 4.72 Å². The third-order valence-corrected chi connectivity index (χ3v) is 6.22. The highest BCUT2D eigenvalue weighted by Crippen LogP contribution is 2.23. The molecule has 0 saturated carbocycles. The molecule has 1 aliphatic rings. The molecule has 2 aromatic rings. The highest BCUT2D eigenvalue weighted by molar-refractivity contribution is 7.89. The molecule has 150 valence electrons. The molecule has 3 rings (SSSR count). The second-order valence-electron chi connectivity index (χ2n) is 6.69. The third-order valence-electron chi connectivity index (χ3n) is 4.67. The number of sulfonamides is 1. The number of rotatable bonds is 6. The number of benzene rings is 2. The van der Waals surface area contributed by atoms with E-state index in [4.69, 9.17) is 0 Å². The minimum atomic E-state index is -3.78. The molecule has 0 radical (unpaired) electrons.